The zero-order valence-corrected chi connectivity index (χ0v) is 16.1. The lowest BCUT2D eigenvalue weighted by Crippen LogP contribution is -2.55. The van der Waals surface area contributed by atoms with Gasteiger partial charge in [0.1, 0.15) is 12.2 Å². The third kappa shape index (κ3) is 2.12. The maximum absolute atomic E-state index is 6.28. The van der Waals surface area contributed by atoms with E-state index in [9.17, 15) is 0 Å². The van der Waals surface area contributed by atoms with Gasteiger partial charge in [0.15, 0.2) is 0 Å². The molecule has 8 saturated carbocycles. The minimum Gasteiger partial charge on any atom is -0.228 e. The van der Waals surface area contributed by atoms with Gasteiger partial charge in [0.05, 0.1) is 0 Å². The fraction of sp³-hybridized carbons (Fsp3) is 0.917. The first-order valence-electron chi connectivity index (χ1n) is 11.7. The van der Waals surface area contributed by atoms with Crippen LogP contribution in [-0.2, 0) is 9.78 Å². The van der Waals surface area contributed by atoms with Gasteiger partial charge in [-0.3, -0.25) is 0 Å². The Morgan fingerprint density at radius 2 is 0.731 bits per heavy atom. The molecule has 0 aromatic rings. The average Bonchev–Trinajstić information content (AvgIpc) is 2.60. The fourth-order valence-corrected chi connectivity index (χ4v) is 10.1. The summed E-state index contributed by atoms with van der Waals surface area (Å²) in [4.78, 5) is 12.6. The minimum absolute atomic E-state index is 0.237. The summed E-state index contributed by atoms with van der Waals surface area (Å²) in [6.45, 7) is 0. The van der Waals surface area contributed by atoms with Crippen LogP contribution in [0.25, 0.3) is 0 Å². The molecule has 0 unspecified atom stereocenters. The number of hydrogen-bond donors (Lipinski definition) is 0. The molecule has 1 heterocycles. The molecule has 142 valence electrons. The van der Waals surface area contributed by atoms with Crippen molar-refractivity contribution in [2.75, 3.05) is 0 Å². The highest BCUT2D eigenvalue weighted by Crippen LogP contribution is 2.64. The van der Waals surface area contributed by atoms with Crippen LogP contribution in [0.15, 0.2) is 12.2 Å². The van der Waals surface area contributed by atoms with Gasteiger partial charge < -0.3 is 0 Å². The maximum Gasteiger partial charge on any atom is 0.117 e. The topological polar surface area (TPSA) is 18.5 Å². The Morgan fingerprint density at radius 3 is 0.962 bits per heavy atom. The zero-order chi connectivity index (χ0) is 16.9. The van der Waals surface area contributed by atoms with Crippen LogP contribution in [0.5, 0.6) is 0 Å². The molecule has 9 rings (SSSR count). The molecular weight excluding hydrogens is 320 g/mol. The van der Waals surface area contributed by atoms with E-state index in [1.54, 1.807) is 0 Å². The normalized spacial score (nSPS) is 62.2. The van der Waals surface area contributed by atoms with Crippen molar-refractivity contribution in [1.29, 1.82) is 0 Å². The van der Waals surface area contributed by atoms with Crippen LogP contribution in [-0.4, -0.2) is 12.2 Å². The second kappa shape index (κ2) is 5.17. The van der Waals surface area contributed by atoms with Crippen molar-refractivity contribution in [3.63, 3.8) is 0 Å². The summed E-state index contributed by atoms with van der Waals surface area (Å²) in [6.07, 6.45) is 22.9. The summed E-state index contributed by atoms with van der Waals surface area (Å²) in [5.74, 6) is 5.91. The standard InChI is InChI=1S/C24H34O2/c1-2-22(24-12-18-6-19(13-24)8-20(7-18)14-24)26-25-21(1)23-9-15-3-16(10-23)5-17(4-15)11-23/h1-2,15-22H,3-14H2/t15?,16?,17?,18?,19?,20?,21-,22+,23?,24?. The highest BCUT2D eigenvalue weighted by molar-refractivity contribution is 5.15. The van der Waals surface area contributed by atoms with Crippen molar-refractivity contribution in [1.82, 2.24) is 0 Å². The van der Waals surface area contributed by atoms with E-state index in [1.165, 1.54) is 77.0 Å². The summed E-state index contributed by atoms with van der Waals surface area (Å²) < 4.78 is 0. The lowest BCUT2D eigenvalue weighted by Gasteiger charge is -2.60. The first-order chi connectivity index (χ1) is 12.7. The van der Waals surface area contributed by atoms with E-state index in [4.69, 9.17) is 9.78 Å². The lowest BCUT2D eigenvalue weighted by atomic mass is 9.47. The van der Waals surface area contributed by atoms with Crippen molar-refractivity contribution in [3.8, 4) is 0 Å². The molecule has 0 saturated heterocycles. The van der Waals surface area contributed by atoms with Gasteiger partial charge in [0.25, 0.3) is 0 Å². The van der Waals surface area contributed by atoms with Crippen LogP contribution in [0.1, 0.15) is 77.0 Å². The average molecular weight is 355 g/mol. The van der Waals surface area contributed by atoms with Crippen molar-refractivity contribution >= 4 is 0 Å². The van der Waals surface area contributed by atoms with E-state index in [1.807, 2.05) is 0 Å². The van der Waals surface area contributed by atoms with Crippen LogP contribution in [0, 0.1) is 46.3 Å². The second-order valence-corrected chi connectivity index (χ2v) is 12.0. The van der Waals surface area contributed by atoms with Gasteiger partial charge in [-0.05, 0) is 113 Å². The molecule has 0 aromatic heterocycles. The number of hydrogen-bond acceptors (Lipinski definition) is 2. The third-order valence-corrected chi connectivity index (χ3v) is 10.1. The van der Waals surface area contributed by atoms with Gasteiger partial charge in [0, 0.05) is 10.8 Å². The van der Waals surface area contributed by atoms with Gasteiger partial charge in [0.2, 0.25) is 0 Å². The predicted octanol–water partition coefficient (Wildman–Crippen LogP) is 5.67. The largest absolute Gasteiger partial charge is 0.228 e. The Balaban J connectivity index is 1.14. The Kier molecular flexibility index (Phi) is 3.10. The van der Waals surface area contributed by atoms with Gasteiger partial charge in [-0.2, -0.15) is 0 Å². The molecular formula is C24H34O2. The Labute approximate surface area is 158 Å². The predicted molar refractivity (Wildman–Crippen MR) is 100 cm³/mol. The summed E-state index contributed by atoms with van der Waals surface area (Å²) in [7, 11) is 0. The second-order valence-electron chi connectivity index (χ2n) is 12.0. The van der Waals surface area contributed by atoms with E-state index in [2.05, 4.69) is 12.2 Å². The Hall–Kier alpha value is -0.340. The smallest absolute Gasteiger partial charge is 0.117 e. The molecule has 8 aliphatic carbocycles. The first kappa shape index (κ1) is 15.6. The molecule has 2 atom stereocenters. The molecule has 9 aliphatic rings. The SMILES string of the molecule is C1=C[C@H](C23CC4CC(CC(C4)C2)C3)OO[C@@H]1C12CC3CC(CC(C3)C1)C2. The van der Waals surface area contributed by atoms with Crippen LogP contribution in [0.4, 0.5) is 0 Å². The quantitative estimate of drug-likeness (QED) is 0.469. The molecule has 8 bridgehead atoms. The van der Waals surface area contributed by atoms with Gasteiger partial charge in [-0.25, -0.2) is 9.78 Å². The van der Waals surface area contributed by atoms with E-state index in [-0.39, 0.29) is 12.2 Å². The first-order valence-corrected chi connectivity index (χ1v) is 11.7. The van der Waals surface area contributed by atoms with Gasteiger partial charge >= 0.3 is 0 Å². The van der Waals surface area contributed by atoms with Crippen molar-refractivity contribution in [2.45, 2.75) is 89.3 Å². The summed E-state index contributed by atoms with van der Waals surface area (Å²) >= 11 is 0. The zero-order valence-electron chi connectivity index (χ0n) is 16.1. The maximum atomic E-state index is 6.28. The Bertz CT molecular complexity index is 510. The highest BCUT2D eigenvalue weighted by atomic mass is 17.2. The van der Waals surface area contributed by atoms with Gasteiger partial charge in [-0.15, -0.1) is 0 Å². The molecule has 26 heavy (non-hydrogen) atoms. The molecule has 0 amide bonds. The molecule has 0 radical (unpaired) electrons. The molecule has 0 N–H and O–H groups in total. The van der Waals surface area contributed by atoms with Crippen LogP contribution < -0.4 is 0 Å². The van der Waals surface area contributed by atoms with Crippen molar-refractivity contribution < 1.29 is 9.78 Å². The molecule has 1 aliphatic heterocycles. The van der Waals surface area contributed by atoms with Gasteiger partial charge in [-0.1, -0.05) is 12.2 Å². The van der Waals surface area contributed by atoms with E-state index < -0.39 is 0 Å². The minimum atomic E-state index is 0.237. The molecule has 0 spiro atoms. The number of rotatable bonds is 2. The Morgan fingerprint density at radius 1 is 0.462 bits per heavy atom. The summed E-state index contributed by atoms with van der Waals surface area (Å²) in [5.41, 5.74) is 0.829. The highest BCUT2D eigenvalue weighted by Gasteiger charge is 2.58. The third-order valence-electron chi connectivity index (χ3n) is 10.1. The van der Waals surface area contributed by atoms with Crippen LogP contribution >= 0.6 is 0 Å². The van der Waals surface area contributed by atoms with Crippen LogP contribution in [0.3, 0.4) is 0 Å². The van der Waals surface area contributed by atoms with Crippen LogP contribution in [0.2, 0.25) is 0 Å². The molecule has 2 heteroatoms. The summed E-state index contributed by atoms with van der Waals surface area (Å²) in [6, 6.07) is 0. The van der Waals surface area contributed by atoms with E-state index in [0.717, 1.165) is 35.5 Å². The monoisotopic (exact) mass is 354 g/mol. The molecule has 8 fully saturated rings. The van der Waals surface area contributed by atoms with Crippen molar-refractivity contribution in [3.05, 3.63) is 12.2 Å². The lowest BCUT2D eigenvalue weighted by molar-refractivity contribution is -0.386. The molecule has 2 nitrogen and oxygen atoms in total. The van der Waals surface area contributed by atoms with E-state index in [0.29, 0.717) is 10.8 Å². The van der Waals surface area contributed by atoms with E-state index >= 15 is 0 Å². The van der Waals surface area contributed by atoms with Crippen molar-refractivity contribution in [2.24, 2.45) is 46.3 Å². The summed E-state index contributed by atoms with van der Waals surface area (Å²) in [5, 5.41) is 0. The molecule has 0 aromatic carbocycles. The fourth-order valence-electron chi connectivity index (χ4n) is 10.1.